The molecule has 144 valence electrons. The van der Waals surface area contributed by atoms with Crippen LogP contribution in [0.15, 0.2) is 36.5 Å². The number of amides is 1. The summed E-state index contributed by atoms with van der Waals surface area (Å²) in [5.74, 6) is 0. The van der Waals surface area contributed by atoms with Crippen LogP contribution in [-0.4, -0.2) is 52.0 Å². The number of benzene rings is 1. The van der Waals surface area contributed by atoms with E-state index in [2.05, 4.69) is 4.98 Å². The first kappa shape index (κ1) is 18.2. The Morgan fingerprint density at radius 3 is 2.56 bits per heavy atom. The Bertz CT molecular complexity index is 841. The first-order valence-corrected chi connectivity index (χ1v) is 9.42. The molecule has 1 aromatic carbocycles. The predicted molar refractivity (Wildman–Crippen MR) is 101 cm³/mol. The number of carbonyl (C=O) groups is 1. The van der Waals surface area contributed by atoms with E-state index in [0.29, 0.717) is 26.1 Å². The first-order chi connectivity index (χ1) is 12.8. The van der Waals surface area contributed by atoms with Crippen LogP contribution in [-0.2, 0) is 15.1 Å². The second kappa shape index (κ2) is 6.46. The van der Waals surface area contributed by atoms with Crippen molar-refractivity contribution in [1.82, 2.24) is 9.88 Å². The summed E-state index contributed by atoms with van der Waals surface area (Å²) in [5, 5.41) is 12.6. The van der Waals surface area contributed by atoms with E-state index < -0.39 is 11.2 Å². The number of nitrogens with zero attached hydrogens (tertiary/aromatic N) is 2. The fourth-order valence-corrected chi connectivity index (χ4v) is 4.29. The van der Waals surface area contributed by atoms with E-state index in [0.717, 1.165) is 16.5 Å². The fraction of sp³-hybridized carbons (Fsp3) is 0.524. The zero-order valence-electron chi connectivity index (χ0n) is 16.0. The normalized spacial score (nSPS) is 28.2. The highest BCUT2D eigenvalue weighted by atomic mass is 16.6. The number of pyridine rings is 1. The Balaban J connectivity index is 1.67. The third kappa shape index (κ3) is 3.39. The lowest BCUT2D eigenvalue weighted by atomic mass is 9.76. The van der Waals surface area contributed by atoms with Crippen molar-refractivity contribution in [2.24, 2.45) is 0 Å². The lowest BCUT2D eigenvalue weighted by Gasteiger charge is -2.51. The lowest BCUT2D eigenvalue weighted by molar-refractivity contribution is -0.140. The molecule has 2 unspecified atom stereocenters. The van der Waals surface area contributed by atoms with Gasteiger partial charge in [0.15, 0.2) is 0 Å². The van der Waals surface area contributed by atoms with Gasteiger partial charge in [-0.15, -0.1) is 0 Å². The Kier molecular flexibility index (Phi) is 4.35. The van der Waals surface area contributed by atoms with Gasteiger partial charge in [0, 0.05) is 30.0 Å². The van der Waals surface area contributed by atoms with Crippen molar-refractivity contribution in [3.05, 3.63) is 42.1 Å². The van der Waals surface area contributed by atoms with Gasteiger partial charge < -0.3 is 14.6 Å². The van der Waals surface area contributed by atoms with Crippen LogP contribution < -0.4 is 0 Å². The van der Waals surface area contributed by atoms with Crippen LogP contribution in [0.25, 0.3) is 10.9 Å². The van der Waals surface area contributed by atoms with Gasteiger partial charge in [-0.2, -0.15) is 0 Å². The zero-order valence-corrected chi connectivity index (χ0v) is 16.0. The average Bonchev–Trinajstić information content (AvgIpc) is 2.59. The molecule has 0 saturated carbocycles. The number of rotatable bonds is 1. The quantitative estimate of drug-likeness (QED) is 0.834. The van der Waals surface area contributed by atoms with Gasteiger partial charge >= 0.3 is 6.09 Å². The van der Waals surface area contributed by atoms with Gasteiger partial charge in [-0.3, -0.25) is 9.88 Å². The molecule has 1 amide bonds. The van der Waals surface area contributed by atoms with Crippen molar-refractivity contribution >= 4 is 17.0 Å². The summed E-state index contributed by atoms with van der Waals surface area (Å²) in [4.78, 5) is 19.0. The minimum absolute atomic E-state index is 0.226. The Hall–Kier alpha value is -2.18. The molecule has 2 aromatic rings. The van der Waals surface area contributed by atoms with E-state index in [4.69, 9.17) is 9.47 Å². The number of aliphatic hydroxyl groups is 1. The molecule has 0 aliphatic carbocycles. The van der Waals surface area contributed by atoms with Gasteiger partial charge in [0.2, 0.25) is 0 Å². The van der Waals surface area contributed by atoms with Crippen LogP contribution in [0.5, 0.6) is 0 Å². The molecule has 2 bridgehead atoms. The van der Waals surface area contributed by atoms with Crippen LogP contribution in [0.4, 0.5) is 4.79 Å². The molecule has 2 fully saturated rings. The number of hydrogen-bond acceptors (Lipinski definition) is 5. The molecule has 6 heteroatoms. The molecule has 1 aromatic heterocycles. The second-order valence-corrected chi connectivity index (χ2v) is 8.55. The SMILES string of the molecule is CC(C)(C)OC(=O)N1C2COCC1CC(O)(c1cccc3cccnc13)C2. The number of carbonyl (C=O) groups excluding carboxylic acids is 1. The average molecular weight is 370 g/mol. The van der Waals surface area contributed by atoms with Gasteiger partial charge in [-0.1, -0.05) is 24.3 Å². The molecule has 2 aliphatic rings. The summed E-state index contributed by atoms with van der Waals surface area (Å²) in [6.45, 7) is 6.38. The number of morpholine rings is 1. The fourth-order valence-electron chi connectivity index (χ4n) is 4.29. The summed E-state index contributed by atoms with van der Waals surface area (Å²) in [6, 6.07) is 9.32. The first-order valence-electron chi connectivity index (χ1n) is 9.42. The number of ether oxygens (including phenoxy) is 2. The van der Waals surface area contributed by atoms with Crippen LogP contribution >= 0.6 is 0 Å². The highest BCUT2D eigenvalue weighted by molar-refractivity contribution is 5.82. The molecule has 3 heterocycles. The van der Waals surface area contributed by atoms with E-state index >= 15 is 0 Å². The van der Waals surface area contributed by atoms with E-state index in [1.54, 1.807) is 11.1 Å². The van der Waals surface area contributed by atoms with Crippen LogP contribution in [0.2, 0.25) is 0 Å². The molecule has 2 aliphatic heterocycles. The standard InChI is InChI=1S/C21H26N2O4/c1-20(2,3)27-19(24)23-15-10-21(25,11-16(23)13-26-12-15)17-8-4-6-14-7-5-9-22-18(14)17/h4-9,15-16,25H,10-13H2,1-3H3. The summed E-state index contributed by atoms with van der Waals surface area (Å²) < 4.78 is 11.3. The minimum atomic E-state index is -1.05. The molecular weight excluding hydrogens is 344 g/mol. The summed E-state index contributed by atoms with van der Waals surface area (Å²) in [5.41, 5.74) is 0.0268. The highest BCUT2D eigenvalue weighted by Crippen LogP contribution is 2.43. The topological polar surface area (TPSA) is 71.9 Å². The third-order valence-corrected chi connectivity index (χ3v) is 5.29. The maximum atomic E-state index is 12.7. The van der Waals surface area contributed by atoms with Crippen molar-refractivity contribution in [3.63, 3.8) is 0 Å². The van der Waals surface area contributed by atoms with Gasteiger partial charge in [0.1, 0.15) is 5.60 Å². The minimum Gasteiger partial charge on any atom is -0.444 e. The molecule has 1 N–H and O–H groups in total. The number of para-hydroxylation sites is 1. The smallest absolute Gasteiger partial charge is 0.410 e. The highest BCUT2D eigenvalue weighted by Gasteiger charge is 2.50. The Morgan fingerprint density at radius 2 is 1.89 bits per heavy atom. The van der Waals surface area contributed by atoms with E-state index in [1.165, 1.54) is 0 Å². The molecule has 2 atom stereocenters. The molecule has 6 nitrogen and oxygen atoms in total. The van der Waals surface area contributed by atoms with E-state index in [1.807, 2.05) is 51.1 Å². The molecular formula is C21H26N2O4. The zero-order chi connectivity index (χ0) is 19.2. The number of hydrogen-bond donors (Lipinski definition) is 1. The van der Waals surface area contributed by atoms with Gasteiger partial charge in [0.25, 0.3) is 0 Å². The van der Waals surface area contributed by atoms with Crippen molar-refractivity contribution in [1.29, 1.82) is 0 Å². The van der Waals surface area contributed by atoms with Gasteiger partial charge in [-0.05, 0) is 26.8 Å². The maximum Gasteiger partial charge on any atom is 0.410 e. The van der Waals surface area contributed by atoms with Gasteiger partial charge in [0.05, 0.1) is 36.4 Å². The molecule has 0 spiro atoms. The monoisotopic (exact) mass is 370 g/mol. The van der Waals surface area contributed by atoms with Crippen molar-refractivity contribution in [2.45, 2.75) is 56.9 Å². The number of aromatic nitrogens is 1. The van der Waals surface area contributed by atoms with Crippen LogP contribution in [0.1, 0.15) is 39.2 Å². The number of piperidine rings is 1. The Morgan fingerprint density at radius 1 is 1.22 bits per heavy atom. The maximum absolute atomic E-state index is 12.7. The van der Waals surface area contributed by atoms with Crippen molar-refractivity contribution in [2.75, 3.05) is 13.2 Å². The summed E-state index contributed by atoms with van der Waals surface area (Å²) in [6.07, 6.45) is 2.21. The molecule has 0 radical (unpaired) electrons. The van der Waals surface area contributed by atoms with Crippen LogP contribution in [0, 0.1) is 0 Å². The predicted octanol–water partition coefficient (Wildman–Crippen LogP) is 3.22. The van der Waals surface area contributed by atoms with Crippen LogP contribution in [0.3, 0.4) is 0 Å². The molecule has 27 heavy (non-hydrogen) atoms. The lowest BCUT2D eigenvalue weighted by Crippen LogP contribution is -2.63. The summed E-state index contributed by atoms with van der Waals surface area (Å²) in [7, 11) is 0. The Labute approximate surface area is 159 Å². The van der Waals surface area contributed by atoms with E-state index in [-0.39, 0.29) is 18.2 Å². The third-order valence-electron chi connectivity index (χ3n) is 5.29. The number of fused-ring (bicyclic) bond motifs is 3. The summed E-state index contributed by atoms with van der Waals surface area (Å²) >= 11 is 0. The molecule has 4 rings (SSSR count). The van der Waals surface area contributed by atoms with E-state index in [9.17, 15) is 9.90 Å². The van der Waals surface area contributed by atoms with Crippen molar-refractivity contribution < 1.29 is 19.4 Å². The second-order valence-electron chi connectivity index (χ2n) is 8.55. The van der Waals surface area contributed by atoms with Gasteiger partial charge in [-0.25, -0.2) is 4.79 Å². The largest absolute Gasteiger partial charge is 0.444 e. The molecule has 2 saturated heterocycles. The van der Waals surface area contributed by atoms with Crippen molar-refractivity contribution in [3.8, 4) is 0 Å².